The Labute approximate surface area is 232 Å². The Bertz CT molecular complexity index is 1670. The van der Waals surface area contributed by atoms with Gasteiger partial charge < -0.3 is 9.47 Å². The van der Waals surface area contributed by atoms with Crippen LogP contribution in [0, 0.1) is 0 Å². The summed E-state index contributed by atoms with van der Waals surface area (Å²) in [6.07, 6.45) is 10.2. The number of pyridine rings is 1. The number of allylic oxidation sites excluding steroid dienone is 1. The van der Waals surface area contributed by atoms with E-state index in [-0.39, 0.29) is 4.90 Å². The summed E-state index contributed by atoms with van der Waals surface area (Å²) >= 11 is 1.64. The fourth-order valence-electron chi connectivity index (χ4n) is 5.96. The molecule has 2 aliphatic heterocycles. The van der Waals surface area contributed by atoms with Crippen molar-refractivity contribution in [2.45, 2.75) is 48.8 Å². The van der Waals surface area contributed by atoms with Gasteiger partial charge in [-0.05, 0) is 62.2 Å². The zero-order valence-corrected chi connectivity index (χ0v) is 23.4. The van der Waals surface area contributed by atoms with Crippen molar-refractivity contribution < 1.29 is 17.9 Å². The summed E-state index contributed by atoms with van der Waals surface area (Å²) in [7, 11) is -1.71. The Morgan fingerprint density at radius 3 is 2.69 bits per heavy atom. The second-order valence-electron chi connectivity index (χ2n) is 10.5. The molecule has 2 fully saturated rings. The first-order valence-corrected chi connectivity index (χ1v) is 15.7. The van der Waals surface area contributed by atoms with Gasteiger partial charge in [-0.2, -0.15) is 0 Å². The molecule has 0 amide bonds. The fraction of sp³-hybridized carbons (Fsp3) is 0.379. The summed E-state index contributed by atoms with van der Waals surface area (Å²) in [6, 6.07) is 10.9. The molecule has 0 bridgehead atoms. The quantitative estimate of drug-likeness (QED) is 0.319. The van der Waals surface area contributed by atoms with Crippen LogP contribution >= 0.6 is 11.3 Å². The van der Waals surface area contributed by atoms with E-state index in [2.05, 4.69) is 24.1 Å². The molecule has 7 rings (SSSR count). The van der Waals surface area contributed by atoms with Gasteiger partial charge in [-0.3, -0.25) is 4.90 Å². The van der Waals surface area contributed by atoms with Crippen LogP contribution in [0.1, 0.15) is 48.7 Å². The zero-order valence-electron chi connectivity index (χ0n) is 21.7. The number of benzene rings is 1. The SMILES string of the molecule is CN1CCCC1c1nc(-c2cn(S(=O)(=O)c3ccccc3)c3ncc(C4=CCC5(CC4)OCCO5)cc23)cs1. The number of ether oxygens (including phenoxy) is 2. The highest BCUT2D eigenvalue weighted by Gasteiger charge is 2.38. The molecule has 1 aromatic carbocycles. The van der Waals surface area contributed by atoms with Crippen molar-refractivity contribution in [3.63, 3.8) is 0 Å². The van der Waals surface area contributed by atoms with E-state index in [9.17, 15) is 8.42 Å². The van der Waals surface area contributed by atoms with Crippen LogP contribution in [-0.4, -0.2) is 59.9 Å². The van der Waals surface area contributed by atoms with Crippen LogP contribution in [0.4, 0.5) is 0 Å². The number of hydrogen-bond donors (Lipinski definition) is 0. The number of nitrogens with zero attached hydrogens (tertiary/aromatic N) is 4. The molecule has 5 heterocycles. The molecule has 1 atom stereocenters. The van der Waals surface area contributed by atoms with E-state index in [0.717, 1.165) is 59.4 Å². The molecule has 0 radical (unpaired) electrons. The Morgan fingerprint density at radius 1 is 1.15 bits per heavy atom. The van der Waals surface area contributed by atoms with Crippen LogP contribution in [0.3, 0.4) is 0 Å². The topological polar surface area (TPSA) is 86.6 Å². The molecule has 0 saturated carbocycles. The summed E-state index contributed by atoms with van der Waals surface area (Å²) in [5.74, 6) is -0.496. The van der Waals surface area contributed by atoms with E-state index < -0.39 is 15.8 Å². The second-order valence-corrected chi connectivity index (χ2v) is 13.2. The maximum atomic E-state index is 13.7. The lowest BCUT2D eigenvalue weighted by molar-refractivity contribution is -0.159. The highest BCUT2D eigenvalue weighted by molar-refractivity contribution is 7.90. The van der Waals surface area contributed by atoms with Gasteiger partial charge in [-0.15, -0.1) is 11.3 Å². The maximum Gasteiger partial charge on any atom is 0.269 e. The fourth-order valence-corrected chi connectivity index (χ4v) is 8.33. The van der Waals surface area contributed by atoms with Crippen LogP contribution < -0.4 is 0 Å². The van der Waals surface area contributed by atoms with Crippen molar-refractivity contribution in [2.75, 3.05) is 26.8 Å². The van der Waals surface area contributed by atoms with Crippen LogP contribution in [-0.2, 0) is 19.5 Å². The van der Waals surface area contributed by atoms with Crippen LogP contribution in [0.5, 0.6) is 0 Å². The molecule has 2 saturated heterocycles. The van der Waals surface area contributed by atoms with Crippen LogP contribution in [0.25, 0.3) is 27.9 Å². The Balaban J connectivity index is 1.34. The van der Waals surface area contributed by atoms with Crippen molar-refractivity contribution >= 4 is 38.0 Å². The van der Waals surface area contributed by atoms with Gasteiger partial charge >= 0.3 is 0 Å². The minimum Gasteiger partial charge on any atom is -0.347 e. The van der Waals surface area contributed by atoms with Crippen molar-refractivity contribution in [3.8, 4) is 11.3 Å². The molecule has 8 nitrogen and oxygen atoms in total. The summed E-state index contributed by atoms with van der Waals surface area (Å²) in [5, 5.41) is 3.89. The average Bonchev–Trinajstić information content (AvgIpc) is 3.76. The van der Waals surface area contributed by atoms with Crippen LogP contribution in [0.15, 0.2) is 65.1 Å². The summed E-state index contributed by atoms with van der Waals surface area (Å²) < 4.78 is 40.6. The lowest BCUT2D eigenvalue weighted by Gasteiger charge is -2.30. The molecule has 0 N–H and O–H groups in total. The summed E-state index contributed by atoms with van der Waals surface area (Å²) in [4.78, 5) is 12.3. The third kappa shape index (κ3) is 4.35. The number of likely N-dealkylation sites (tertiary alicyclic amines) is 1. The molecule has 4 aromatic rings. The number of fused-ring (bicyclic) bond motifs is 1. The highest BCUT2D eigenvalue weighted by atomic mass is 32.2. The van der Waals surface area contributed by atoms with Gasteiger partial charge in [-0.25, -0.2) is 22.4 Å². The zero-order chi connectivity index (χ0) is 26.6. The van der Waals surface area contributed by atoms with Gasteiger partial charge in [0.25, 0.3) is 10.0 Å². The third-order valence-corrected chi connectivity index (χ3v) is 10.7. The van der Waals surface area contributed by atoms with Gasteiger partial charge in [0.2, 0.25) is 0 Å². The van der Waals surface area contributed by atoms with Crippen molar-refractivity contribution in [3.05, 3.63) is 70.8 Å². The molecular formula is C29H30N4O4S2. The lowest BCUT2D eigenvalue weighted by Crippen LogP contribution is -2.31. The molecule has 3 aliphatic rings. The first-order chi connectivity index (χ1) is 18.9. The number of thiazole rings is 1. The predicted octanol–water partition coefficient (Wildman–Crippen LogP) is 5.47. The highest BCUT2D eigenvalue weighted by Crippen LogP contribution is 2.41. The van der Waals surface area contributed by atoms with Gasteiger partial charge in [0.1, 0.15) is 5.01 Å². The summed E-state index contributed by atoms with van der Waals surface area (Å²) in [6.45, 7) is 2.33. The predicted molar refractivity (Wildman–Crippen MR) is 151 cm³/mol. The number of rotatable bonds is 5. The van der Waals surface area contributed by atoms with E-state index in [1.54, 1.807) is 48.0 Å². The van der Waals surface area contributed by atoms with Gasteiger partial charge in [0.15, 0.2) is 11.4 Å². The van der Waals surface area contributed by atoms with E-state index in [0.29, 0.717) is 31.3 Å². The van der Waals surface area contributed by atoms with Gasteiger partial charge in [0.05, 0.1) is 29.8 Å². The minimum atomic E-state index is -3.85. The van der Waals surface area contributed by atoms with E-state index in [1.165, 1.54) is 9.55 Å². The first kappa shape index (κ1) is 25.1. The Kier molecular flexibility index (Phi) is 6.20. The molecule has 39 heavy (non-hydrogen) atoms. The minimum absolute atomic E-state index is 0.225. The largest absolute Gasteiger partial charge is 0.347 e. The van der Waals surface area contributed by atoms with Crippen LogP contribution in [0.2, 0.25) is 0 Å². The molecule has 202 valence electrons. The normalized spacial score (nSPS) is 21.7. The third-order valence-electron chi connectivity index (χ3n) is 8.13. The monoisotopic (exact) mass is 562 g/mol. The molecule has 3 aromatic heterocycles. The molecule has 1 aliphatic carbocycles. The van der Waals surface area contributed by atoms with Gasteiger partial charge in [-0.1, -0.05) is 24.3 Å². The van der Waals surface area contributed by atoms with Crippen molar-refractivity contribution in [1.29, 1.82) is 0 Å². The lowest BCUT2D eigenvalue weighted by atomic mass is 9.90. The maximum absolute atomic E-state index is 13.7. The second kappa shape index (κ2) is 9.64. The average molecular weight is 563 g/mol. The standard InChI is InChI=1S/C29H30N4O4S2/c1-32-13-5-8-26(32)28-31-25(19-38-28)24-18-33(39(34,35)22-6-3-2-4-7-22)27-23(24)16-21(17-30-27)20-9-11-29(12-10-20)36-14-15-37-29/h2-4,6-7,9,16-19,26H,5,8,10-15H2,1H3. The Morgan fingerprint density at radius 2 is 1.97 bits per heavy atom. The van der Waals surface area contributed by atoms with E-state index in [1.807, 2.05) is 11.4 Å². The molecule has 1 spiro atoms. The number of aromatic nitrogens is 3. The molecular weight excluding hydrogens is 532 g/mol. The molecule has 1 unspecified atom stereocenters. The van der Waals surface area contributed by atoms with Crippen molar-refractivity contribution in [1.82, 2.24) is 18.8 Å². The first-order valence-electron chi connectivity index (χ1n) is 13.4. The molecule has 10 heteroatoms. The van der Waals surface area contributed by atoms with Gasteiger partial charge in [0, 0.05) is 41.6 Å². The van der Waals surface area contributed by atoms with E-state index >= 15 is 0 Å². The number of hydrogen-bond acceptors (Lipinski definition) is 8. The summed E-state index contributed by atoms with van der Waals surface area (Å²) in [5.41, 5.74) is 4.12. The van der Waals surface area contributed by atoms with Crippen molar-refractivity contribution in [2.24, 2.45) is 0 Å². The van der Waals surface area contributed by atoms with E-state index in [4.69, 9.17) is 19.4 Å². The smallest absolute Gasteiger partial charge is 0.269 e. The Hall–Kier alpha value is -2.89.